The highest BCUT2D eigenvalue weighted by Gasteiger charge is 2.21. The number of aromatic nitrogens is 1. The van der Waals surface area contributed by atoms with Crippen molar-refractivity contribution in [3.8, 4) is 22.8 Å². The molecule has 102 valence electrons. The van der Waals surface area contributed by atoms with E-state index in [1.54, 1.807) is 12.1 Å². The minimum Gasteiger partial charge on any atom is -0.504 e. The van der Waals surface area contributed by atoms with E-state index in [-0.39, 0.29) is 17.0 Å². The van der Waals surface area contributed by atoms with Crippen LogP contribution in [0.15, 0.2) is 22.7 Å². The van der Waals surface area contributed by atoms with Gasteiger partial charge in [-0.25, -0.2) is 0 Å². The summed E-state index contributed by atoms with van der Waals surface area (Å²) in [5.74, 6) is 1.18. The highest BCUT2D eigenvalue weighted by Crippen LogP contribution is 2.41. The van der Waals surface area contributed by atoms with E-state index in [1.165, 1.54) is 7.11 Å². The van der Waals surface area contributed by atoms with Crippen LogP contribution < -0.4 is 10.5 Å². The van der Waals surface area contributed by atoms with Gasteiger partial charge in [-0.15, -0.1) is 0 Å². The van der Waals surface area contributed by atoms with Crippen LogP contribution in [0.5, 0.6) is 11.5 Å². The zero-order chi connectivity index (χ0) is 14.2. The first-order chi connectivity index (χ1) is 8.82. The number of phenols is 1. The molecule has 5 nitrogen and oxygen atoms in total. The van der Waals surface area contributed by atoms with Crippen LogP contribution in [0.3, 0.4) is 0 Å². The summed E-state index contributed by atoms with van der Waals surface area (Å²) in [6, 6.07) is 5.21. The first-order valence-corrected chi connectivity index (χ1v) is 5.97. The summed E-state index contributed by atoms with van der Waals surface area (Å²) in [4.78, 5) is 0. The van der Waals surface area contributed by atoms with Crippen LogP contribution in [-0.2, 0) is 5.41 Å². The van der Waals surface area contributed by atoms with Gasteiger partial charge in [0, 0.05) is 6.07 Å². The Morgan fingerprint density at radius 1 is 1.26 bits per heavy atom. The summed E-state index contributed by atoms with van der Waals surface area (Å²) >= 11 is 0. The molecule has 2 aromatic rings. The smallest absolute Gasteiger partial charge is 0.172 e. The molecule has 0 radical (unpaired) electrons. The Balaban J connectivity index is 2.66. The molecular weight excluding hydrogens is 244 g/mol. The number of hydrogen-bond donors (Lipinski definition) is 2. The third-order valence-corrected chi connectivity index (χ3v) is 2.93. The molecule has 0 aliphatic heterocycles. The lowest BCUT2D eigenvalue weighted by atomic mass is 9.85. The van der Waals surface area contributed by atoms with Gasteiger partial charge in [0.1, 0.15) is 0 Å². The first-order valence-electron chi connectivity index (χ1n) is 5.97. The van der Waals surface area contributed by atoms with Crippen molar-refractivity contribution in [3.63, 3.8) is 0 Å². The van der Waals surface area contributed by atoms with Gasteiger partial charge < -0.3 is 20.1 Å². The summed E-state index contributed by atoms with van der Waals surface area (Å²) in [7, 11) is 1.50. The Kier molecular flexibility index (Phi) is 3.14. The Morgan fingerprint density at radius 3 is 2.42 bits per heavy atom. The molecule has 19 heavy (non-hydrogen) atoms. The third kappa shape index (κ3) is 2.50. The second-order valence-corrected chi connectivity index (χ2v) is 5.44. The molecule has 1 aromatic heterocycles. The molecule has 0 amide bonds. The fourth-order valence-electron chi connectivity index (χ4n) is 1.86. The minimum atomic E-state index is -0.107. The van der Waals surface area contributed by atoms with E-state index in [9.17, 15) is 5.11 Å². The summed E-state index contributed by atoms with van der Waals surface area (Å²) in [6.07, 6.45) is 0. The van der Waals surface area contributed by atoms with Crippen molar-refractivity contribution < 1.29 is 14.4 Å². The third-order valence-electron chi connectivity index (χ3n) is 2.93. The number of phenolic OH excluding ortho intramolecular Hbond substituents is 1. The van der Waals surface area contributed by atoms with Crippen molar-refractivity contribution in [2.45, 2.75) is 26.2 Å². The van der Waals surface area contributed by atoms with Crippen molar-refractivity contribution in [3.05, 3.63) is 23.8 Å². The normalized spacial score (nSPS) is 11.6. The zero-order valence-corrected chi connectivity index (χ0v) is 11.5. The number of nitrogens with two attached hydrogens (primary N) is 1. The number of nitrogens with zero attached hydrogens (tertiary/aromatic N) is 1. The van der Waals surface area contributed by atoms with Gasteiger partial charge in [-0.05, 0) is 23.1 Å². The molecule has 0 aliphatic rings. The van der Waals surface area contributed by atoms with Crippen LogP contribution in [0.4, 0.5) is 5.82 Å². The number of hydrogen-bond acceptors (Lipinski definition) is 5. The van der Waals surface area contributed by atoms with Crippen LogP contribution >= 0.6 is 0 Å². The Bertz CT molecular complexity index is 597. The highest BCUT2D eigenvalue weighted by molar-refractivity contribution is 5.72. The topological polar surface area (TPSA) is 81.5 Å². The number of nitrogen functional groups attached to an aromatic ring is 1. The van der Waals surface area contributed by atoms with Gasteiger partial charge in [0.2, 0.25) is 0 Å². The van der Waals surface area contributed by atoms with Crippen molar-refractivity contribution in [1.29, 1.82) is 0 Å². The second kappa shape index (κ2) is 4.50. The molecule has 1 aromatic carbocycles. The van der Waals surface area contributed by atoms with Gasteiger partial charge in [-0.1, -0.05) is 25.9 Å². The van der Waals surface area contributed by atoms with Gasteiger partial charge in [-0.3, -0.25) is 0 Å². The molecule has 0 spiro atoms. The molecule has 1 heterocycles. The molecule has 2 rings (SSSR count). The summed E-state index contributed by atoms with van der Waals surface area (Å²) in [5, 5.41) is 13.7. The van der Waals surface area contributed by atoms with E-state index >= 15 is 0 Å². The molecular formula is C14H18N2O3. The van der Waals surface area contributed by atoms with Gasteiger partial charge in [0.05, 0.1) is 12.7 Å². The zero-order valence-electron chi connectivity index (χ0n) is 11.5. The molecule has 0 saturated carbocycles. The van der Waals surface area contributed by atoms with Crippen molar-refractivity contribution >= 4 is 5.82 Å². The second-order valence-electron chi connectivity index (χ2n) is 5.44. The van der Waals surface area contributed by atoms with E-state index in [4.69, 9.17) is 15.0 Å². The number of anilines is 1. The maximum atomic E-state index is 10.1. The first kappa shape index (κ1) is 13.3. The fraction of sp³-hybridized carbons (Fsp3) is 0.357. The number of rotatable bonds is 2. The van der Waals surface area contributed by atoms with Crippen LogP contribution in [0.25, 0.3) is 11.3 Å². The predicted octanol–water partition coefficient (Wildman–Crippen LogP) is 2.94. The van der Waals surface area contributed by atoms with Crippen molar-refractivity contribution in [1.82, 2.24) is 5.16 Å². The summed E-state index contributed by atoms with van der Waals surface area (Å²) in [6.45, 7) is 6.19. The lowest BCUT2D eigenvalue weighted by Crippen LogP contribution is -2.11. The Hall–Kier alpha value is -2.17. The van der Waals surface area contributed by atoms with E-state index < -0.39 is 0 Å². The quantitative estimate of drug-likeness (QED) is 0.869. The average molecular weight is 262 g/mol. The van der Waals surface area contributed by atoms with E-state index in [1.807, 2.05) is 6.07 Å². The van der Waals surface area contributed by atoms with Crippen LogP contribution in [0.1, 0.15) is 26.3 Å². The molecule has 0 saturated heterocycles. The number of ether oxygens (including phenoxy) is 1. The number of aromatic hydroxyl groups is 1. The highest BCUT2D eigenvalue weighted by atomic mass is 16.5. The van der Waals surface area contributed by atoms with Crippen molar-refractivity contribution in [2.75, 3.05) is 12.8 Å². The van der Waals surface area contributed by atoms with Crippen LogP contribution in [-0.4, -0.2) is 17.4 Å². The lowest BCUT2D eigenvalue weighted by Gasteiger charge is -2.21. The SMILES string of the molecule is COc1c(O)cc(C(C)(C)C)cc1-c1cc(N)no1. The molecule has 0 atom stereocenters. The van der Waals surface area contributed by atoms with E-state index in [0.29, 0.717) is 17.1 Å². The largest absolute Gasteiger partial charge is 0.504 e. The van der Waals surface area contributed by atoms with Gasteiger partial charge in [0.25, 0.3) is 0 Å². The summed E-state index contributed by atoms with van der Waals surface area (Å²) in [5.41, 5.74) is 7.06. The molecule has 0 fully saturated rings. The van der Waals surface area contributed by atoms with Crippen LogP contribution in [0.2, 0.25) is 0 Å². The van der Waals surface area contributed by atoms with Gasteiger partial charge in [-0.2, -0.15) is 0 Å². The number of methoxy groups -OCH3 is 1. The monoisotopic (exact) mass is 262 g/mol. The maximum absolute atomic E-state index is 10.1. The molecule has 0 bridgehead atoms. The molecule has 0 unspecified atom stereocenters. The van der Waals surface area contributed by atoms with Gasteiger partial charge >= 0.3 is 0 Å². The van der Waals surface area contributed by atoms with E-state index in [2.05, 4.69) is 25.9 Å². The Morgan fingerprint density at radius 2 is 1.95 bits per heavy atom. The molecule has 5 heteroatoms. The number of benzene rings is 1. The lowest BCUT2D eigenvalue weighted by molar-refractivity contribution is 0.370. The maximum Gasteiger partial charge on any atom is 0.172 e. The van der Waals surface area contributed by atoms with E-state index in [0.717, 1.165) is 5.56 Å². The van der Waals surface area contributed by atoms with Gasteiger partial charge in [0.15, 0.2) is 23.1 Å². The van der Waals surface area contributed by atoms with Crippen molar-refractivity contribution in [2.24, 2.45) is 0 Å². The molecule has 3 N–H and O–H groups in total. The Labute approximate surface area is 112 Å². The van der Waals surface area contributed by atoms with Crippen LogP contribution in [0, 0.1) is 0 Å². The standard InChI is InChI=1S/C14H18N2O3/c1-14(2,3)8-5-9(11-7-12(15)16-19-11)13(18-4)10(17)6-8/h5-7,17H,1-4H3,(H2,15,16). The predicted molar refractivity (Wildman–Crippen MR) is 73.3 cm³/mol. The minimum absolute atomic E-state index is 0.0693. The summed E-state index contributed by atoms with van der Waals surface area (Å²) < 4.78 is 10.4. The molecule has 0 aliphatic carbocycles. The fourth-order valence-corrected chi connectivity index (χ4v) is 1.86. The average Bonchev–Trinajstić information content (AvgIpc) is 2.73.